The monoisotopic (exact) mass is 575 g/mol. The van der Waals surface area contributed by atoms with E-state index >= 15 is 0 Å². The van der Waals surface area contributed by atoms with Crippen LogP contribution < -0.4 is 11.1 Å². The number of nitrogens with one attached hydrogen (secondary N) is 1. The molecule has 0 radical (unpaired) electrons. The maximum atomic E-state index is 14.0. The highest BCUT2D eigenvalue weighted by Gasteiger charge is 2.34. The minimum absolute atomic E-state index is 0.0472. The summed E-state index contributed by atoms with van der Waals surface area (Å²) in [5.74, 6) is 5.78. The number of allylic oxidation sites excluding steroid dienone is 5. The van der Waals surface area contributed by atoms with Crippen molar-refractivity contribution in [1.82, 2.24) is 10.2 Å². The van der Waals surface area contributed by atoms with Crippen molar-refractivity contribution in [3.05, 3.63) is 101 Å². The molecule has 1 aliphatic rings. The highest BCUT2D eigenvalue weighted by Crippen LogP contribution is 2.34. The molecule has 2 aromatic carbocycles. The number of nitrogens with two attached hydrogens (primary N) is 1. The lowest BCUT2D eigenvalue weighted by Crippen LogP contribution is -2.27. The highest BCUT2D eigenvalue weighted by atomic mass is 19.4. The first-order chi connectivity index (χ1) is 20.0. The molecule has 4 nitrogen and oxygen atoms in total. The number of halogens is 3. The zero-order chi connectivity index (χ0) is 30.9. The molecule has 0 aromatic heterocycles. The van der Waals surface area contributed by atoms with E-state index in [1.54, 1.807) is 12.2 Å². The molecule has 1 amide bonds. The molecule has 42 heavy (non-hydrogen) atoms. The first-order valence-electron chi connectivity index (χ1n) is 14.3. The van der Waals surface area contributed by atoms with Crippen LogP contribution in [0.3, 0.4) is 0 Å². The zero-order valence-electron chi connectivity index (χ0n) is 24.8. The molecule has 0 fully saturated rings. The number of carbonyl (C=O) groups is 1. The molecule has 222 valence electrons. The van der Waals surface area contributed by atoms with Gasteiger partial charge in [0.15, 0.2) is 0 Å². The van der Waals surface area contributed by atoms with Crippen LogP contribution in [-0.2, 0) is 12.7 Å². The van der Waals surface area contributed by atoms with Gasteiger partial charge in [0.05, 0.1) is 5.56 Å². The average Bonchev–Trinajstić information content (AvgIpc) is 2.95. The number of benzene rings is 2. The largest absolute Gasteiger partial charge is 0.416 e. The van der Waals surface area contributed by atoms with Gasteiger partial charge in [0, 0.05) is 40.5 Å². The average molecular weight is 576 g/mol. The Bertz CT molecular complexity index is 1430. The van der Waals surface area contributed by atoms with Crippen molar-refractivity contribution in [1.29, 1.82) is 0 Å². The van der Waals surface area contributed by atoms with Crippen LogP contribution in [0.4, 0.5) is 18.9 Å². The van der Waals surface area contributed by atoms with Gasteiger partial charge in [-0.1, -0.05) is 75.6 Å². The molecule has 7 heteroatoms. The molecule has 0 heterocycles. The third-order valence-electron chi connectivity index (χ3n) is 7.21. The second-order valence-electron chi connectivity index (χ2n) is 10.5. The number of alkyl halides is 3. The molecule has 0 saturated carbocycles. The van der Waals surface area contributed by atoms with Crippen LogP contribution in [0.1, 0.15) is 73.1 Å². The maximum absolute atomic E-state index is 14.0. The third-order valence-corrected chi connectivity index (χ3v) is 7.21. The van der Waals surface area contributed by atoms with Crippen LogP contribution >= 0.6 is 0 Å². The fourth-order valence-corrected chi connectivity index (χ4v) is 5.00. The Morgan fingerprint density at radius 3 is 2.50 bits per heavy atom. The molecule has 2 atom stereocenters. The number of nitrogens with zero attached hydrogens (tertiary/aromatic N) is 1. The SMILES string of the molecule is C=Cc1c(N)cccc1/C(C#CC1C=C(NC(=O)c2ccc(CN(CCC)CCC)c(C(F)(F)F)c2)C=CC1C)=C\C. The van der Waals surface area contributed by atoms with Crippen molar-refractivity contribution < 1.29 is 18.0 Å². The topological polar surface area (TPSA) is 58.4 Å². The number of hydrogen-bond acceptors (Lipinski definition) is 3. The normalized spacial score (nSPS) is 17.0. The minimum atomic E-state index is -4.57. The lowest BCUT2D eigenvalue weighted by atomic mass is 9.88. The number of anilines is 1. The van der Waals surface area contributed by atoms with Crippen molar-refractivity contribution in [2.75, 3.05) is 18.8 Å². The third kappa shape index (κ3) is 8.27. The Morgan fingerprint density at radius 1 is 1.17 bits per heavy atom. The maximum Gasteiger partial charge on any atom is 0.416 e. The summed E-state index contributed by atoms with van der Waals surface area (Å²) in [6.07, 6.45) is 6.27. The van der Waals surface area contributed by atoms with Gasteiger partial charge >= 0.3 is 6.18 Å². The van der Waals surface area contributed by atoms with Gasteiger partial charge in [-0.2, -0.15) is 13.2 Å². The van der Waals surface area contributed by atoms with Crippen LogP contribution in [0.25, 0.3) is 11.6 Å². The first-order valence-corrected chi connectivity index (χ1v) is 14.3. The van der Waals surface area contributed by atoms with E-state index in [0.29, 0.717) is 24.5 Å². The van der Waals surface area contributed by atoms with Gasteiger partial charge in [0.1, 0.15) is 0 Å². The molecule has 0 aliphatic heterocycles. The van der Waals surface area contributed by atoms with Gasteiger partial charge in [0.25, 0.3) is 5.91 Å². The van der Waals surface area contributed by atoms with Crippen molar-refractivity contribution >= 4 is 23.2 Å². The fourth-order valence-electron chi connectivity index (χ4n) is 5.00. The summed E-state index contributed by atoms with van der Waals surface area (Å²) in [4.78, 5) is 15.1. The number of amides is 1. The van der Waals surface area contributed by atoms with Crippen LogP contribution in [0, 0.1) is 23.7 Å². The summed E-state index contributed by atoms with van der Waals surface area (Å²) < 4.78 is 42.1. The van der Waals surface area contributed by atoms with E-state index < -0.39 is 17.6 Å². The molecule has 0 spiro atoms. The minimum Gasteiger partial charge on any atom is -0.398 e. The predicted molar refractivity (Wildman–Crippen MR) is 167 cm³/mol. The predicted octanol–water partition coefficient (Wildman–Crippen LogP) is 8.10. The Labute approximate surface area is 247 Å². The molecular formula is C35H40F3N3O. The summed E-state index contributed by atoms with van der Waals surface area (Å²) in [5, 5.41) is 2.77. The van der Waals surface area contributed by atoms with Gasteiger partial charge in [-0.25, -0.2) is 0 Å². The molecule has 3 N–H and O–H groups in total. The van der Waals surface area contributed by atoms with E-state index in [2.05, 4.69) is 23.7 Å². The van der Waals surface area contributed by atoms with Crippen LogP contribution in [-0.4, -0.2) is 23.9 Å². The van der Waals surface area contributed by atoms with E-state index in [0.717, 1.165) is 35.6 Å². The number of carbonyl (C=O) groups excluding carboxylic acids is 1. The molecule has 2 aromatic rings. The summed E-state index contributed by atoms with van der Waals surface area (Å²) in [6.45, 7) is 13.4. The van der Waals surface area contributed by atoms with Gasteiger partial charge < -0.3 is 11.1 Å². The lowest BCUT2D eigenvalue weighted by molar-refractivity contribution is -0.138. The van der Waals surface area contributed by atoms with Crippen molar-refractivity contribution in [3.8, 4) is 11.8 Å². The van der Waals surface area contributed by atoms with E-state index in [4.69, 9.17) is 5.73 Å². The van der Waals surface area contributed by atoms with Gasteiger partial charge in [-0.05, 0) is 80.3 Å². The summed E-state index contributed by atoms with van der Waals surface area (Å²) in [6, 6.07) is 9.45. The second-order valence-corrected chi connectivity index (χ2v) is 10.5. The summed E-state index contributed by atoms with van der Waals surface area (Å²) in [5.41, 5.74) is 9.06. The molecule has 1 aliphatic carbocycles. The number of hydrogen-bond donors (Lipinski definition) is 2. The van der Waals surface area contributed by atoms with Crippen molar-refractivity contribution in [3.63, 3.8) is 0 Å². The molecule has 0 saturated heterocycles. The van der Waals surface area contributed by atoms with Crippen molar-refractivity contribution in [2.24, 2.45) is 11.8 Å². The number of rotatable bonds is 10. The Balaban J connectivity index is 1.84. The second kappa shape index (κ2) is 14.7. The Kier molecular flexibility index (Phi) is 11.4. The molecule has 0 bridgehead atoms. The van der Waals surface area contributed by atoms with Crippen LogP contribution in [0.2, 0.25) is 0 Å². The van der Waals surface area contributed by atoms with E-state index in [1.807, 2.05) is 69.0 Å². The van der Waals surface area contributed by atoms with Crippen LogP contribution in [0.15, 0.2) is 73.0 Å². The van der Waals surface area contributed by atoms with E-state index in [9.17, 15) is 18.0 Å². The van der Waals surface area contributed by atoms with Crippen LogP contribution in [0.5, 0.6) is 0 Å². The molecule has 3 rings (SSSR count). The van der Waals surface area contributed by atoms with Crippen molar-refractivity contribution in [2.45, 2.75) is 53.3 Å². The smallest absolute Gasteiger partial charge is 0.398 e. The Hall–Kier alpha value is -4.02. The highest BCUT2D eigenvalue weighted by molar-refractivity contribution is 5.96. The van der Waals surface area contributed by atoms with Gasteiger partial charge in [-0.3, -0.25) is 9.69 Å². The van der Waals surface area contributed by atoms with Gasteiger partial charge in [0.2, 0.25) is 0 Å². The number of nitrogen functional groups attached to an aromatic ring is 1. The van der Waals surface area contributed by atoms with E-state index in [1.165, 1.54) is 12.1 Å². The standard InChI is InChI=1S/C35H40F3N3O/c1-6-19-41(20-7-2)23-28-17-16-27(22-32(28)35(36,37)38)34(42)40-29-18-13-24(5)26(21-29)15-14-25(8-3)31-11-10-12-33(39)30(31)9-4/h8-13,16-18,21-22,24,26H,4,6-7,19-20,23,39H2,1-3,5H3,(H,40,42)/b25-8-. The summed E-state index contributed by atoms with van der Waals surface area (Å²) >= 11 is 0. The van der Waals surface area contributed by atoms with E-state index in [-0.39, 0.29) is 29.5 Å². The molecule has 2 unspecified atom stereocenters. The first kappa shape index (κ1) is 32.5. The lowest BCUT2D eigenvalue weighted by Gasteiger charge is -2.23. The fraction of sp³-hybridized carbons (Fsp3) is 0.343. The quantitative estimate of drug-likeness (QED) is 0.222. The summed E-state index contributed by atoms with van der Waals surface area (Å²) in [7, 11) is 0. The zero-order valence-corrected chi connectivity index (χ0v) is 24.8. The van der Waals surface area contributed by atoms with Gasteiger partial charge in [-0.15, -0.1) is 0 Å². The molecular weight excluding hydrogens is 535 g/mol. The Morgan fingerprint density at radius 2 is 1.88 bits per heavy atom.